The summed E-state index contributed by atoms with van der Waals surface area (Å²) in [6.07, 6.45) is 4.62. The molecule has 0 saturated carbocycles. The van der Waals surface area contributed by atoms with Crippen molar-refractivity contribution in [3.05, 3.63) is 47.7 Å². The minimum Gasteiger partial charge on any atom is -0.443 e. The first-order valence-corrected chi connectivity index (χ1v) is 8.69. The first kappa shape index (κ1) is 15.9. The molecule has 0 fully saturated rings. The normalized spacial score (nSPS) is 19.7. The van der Waals surface area contributed by atoms with Gasteiger partial charge in [-0.15, -0.1) is 0 Å². The number of fused-ring (bicyclic) bond motifs is 5. The molecule has 1 aromatic heterocycles. The highest BCUT2D eigenvalue weighted by molar-refractivity contribution is 5.95. The fraction of sp³-hybridized carbons (Fsp3) is 0.400. The highest BCUT2D eigenvalue weighted by Crippen LogP contribution is 2.40. The number of hydrogen-bond donors (Lipinski definition) is 0. The molecule has 5 nitrogen and oxygen atoms in total. The van der Waals surface area contributed by atoms with Gasteiger partial charge in [0.25, 0.3) is 0 Å². The quantitative estimate of drug-likeness (QED) is 0.734. The van der Waals surface area contributed by atoms with Crippen molar-refractivity contribution in [2.45, 2.75) is 45.3 Å². The monoisotopic (exact) mass is 338 g/mol. The zero-order valence-corrected chi connectivity index (χ0v) is 14.8. The molecule has 0 aliphatic carbocycles. The summed E-state index contributed by atoms with van der Waals surface area (Å²) < 4.78 is 7.35. The van der Waals surface area contributed by atoms with Crippen molar-refractivity contribution in [2.75, 3.05) is 6.54 Å². The van der Waals surface area contributed by atoms with Crippen LogP contribution in [0.5, 0.6) is 0 Å². The van der Waals surface area contributed by atoms with Crippen molar-refractivity contribution in [3.8, 4) is 0 Å². The number of carbonyl (C=O) groups excluding carboxylic acids is 2. The molecule has 4 rings (SSSR count). The van der Waals surface area contributed by atoms with Crippen LogP contribution in [0.3, 0.4) is 0 Å². The maximum atomic E-state index is 13.0. The lowest BCUT2D eigenvalue weighted by Gasteiger charge is -2.37. The SMILES string of the molecule is CC(C)(C)OC(=O)n1c2c(c3ccccc31)CCN1C(=O)C=CCC21. The second kappa shape index (κ2) is 5.48. The summed E-state index contributed by atoms with van der Waals surface area (Å²) in [5, 5.41) is 1.07. The van der Waals surface area contributed by atoms with Crippen LogP contribution in [0.4, 0.5) is 4.79 Å². The third-order valence-electron chi connectivity index (χ3n) is 4.79. The van der Waals surface area contributed by atoms with Gasteiger partial charge in [-0.05, 0) is 51.3 Å². The molecule has 3 heterocycles. The van der Waals surface area contributed by atoms with Gasteiger partial charge in [-0.25, -0.2) is 9.36 Å². The Morgan fingerprint density at radius 2 is 2.00 bits per heavy atom. The Hall–Kier alpha value is -2.56. The Morgan fingerprint density at radius 3 is 2.76 bits per heavy atom. The molecule has 5 heteroatoms. The molecule has 2 aliphatic rings. The summed E-state index contributed by atoms with van der Waals surface area (Å²) in [5.41, 5.74) is 2.34. The summed E-state index contributed by atoms with van der Waals surface area (Å²) in [6, 6.07) is 7.80. The number of benzene rings is 1. The molecule has 1 aromatic carbocycles. The lowest BCUT2D eigenvalue weighted by Crippen LogP contribution is -2.42. The summed E-state index contributed by atoms with van der Waals surface area (Å²) in [7, 11) is 0. The van der Waals surface area contributed by atoms with Crippen molar-refractivity contribution in [2.24, 2.45) is 0 Å². The van der Waals surface area contributed by atoms with E-state index in [4.69, 9.17) is 4.74 Å². The molecular formula is C20H22N2O3. The molecular weight excluding hydrogens is 316 g/mol. The number of amides is 1. The van der Waals surface area contributed by atoms with E-state index < -0.39 is 5.60 Å². The van der Waals surface area contributed by atoms with Crippen LogP contribution in [0.15, 0.2) is 36.4 Å². The van der Waals surface area contributed by atoms with Crippen molar-refractivity contribution >= 4 is 22.9 Å². The van der Waals surface area contributed by atoms with E-state index in [0.717, 1.165) is 35.0 Å². The molecule has 1 atom stereocenters. The van der Waals surface area contributed by atoms with Crippen LogP contribution in [-0.2, 0) is 16.0 Å². The van der Waals surface area contributed by atoms with Crippen LogP contribution in [0.2, 0.25) is 0 Å². The van der Waals surface area contributed by atoms with Crippen LogP contribution < -0.4 is 0 Å². The fourth-order valence-corrected chi connectivity index (χ4v) is 3.88. The molecule has 130 valence electrons. The highest BCUT2D eigenvalue weighted by atomic mass is 16.6. The van der Waals surface area contributed by atoms with Gasteiger partial charge in [-0.2, -0.15) is 0 Å². The molecule has 0 bridgehead atoms. The van der Waals surface area contributed by atoms with Gasteiger partial charge < -0.3 is 9.64 Å². The number of hydrogen-bond acceptors (Lipinski definition) is 3. The standard InChI is InChI=1S/C20H22N2O3/c1-20(2,3)25-19(24)22-15-8-5-4-7-13(15)14-11-12-21-16(18(14)22)9-6-10-17(21)23/h4-8,10,16H,9,11-12H2,1-3H3. The Kier molecular flexibility index (Phi) is 3.49. The zero-order valence-electron chi connectivity index (χ0n) is 14.8. The van der Waals surface area contributed by atoms with E-state index in [1.165, 1.54) is 0 Å². The number of aromatic nitrogens is 1. The summed E-state index contributed by atoms with van der Waals surface area (Å²) in [5.74, 6) is 0.0166. The number of para-hydroxylation sites is 1. The lowest BCUT2D eigenvalue weighted by atomic mass is 9.93. The van der Waals surface area contributed by atoms with Gasteiger partial charge in [0.05, 0.1) is 17.3 Å². The number of carbonyl (C=O) groups is 2. The Bertz CT molecular complexity index is 902. The van der Waals surface area contributed by atoms with E-state index in [1.807, 2.05) is 56.0 Å². The van der Waals surface area contributed by atoms with Crippen LogP contribution in [0.25, 0.3) is 10.9 Å². The summed E-state index contributed by atoms with van der Waals surface area (Å²) in [4.78, 5) is 27.1. The third kappa shape index (κ3) is 2.54. The maximum Gasteiger partial charge on any atom is 0.419 e. The summed E-state index contributed by atoms with van der Waals surface area (Å²) in [6.45, 7) is 6.27. The van der Waals surface area contributed by atoms with Gasteiger partial charge in [0, 0.05) is 11.9 Å². The van der Waals surface area contributed by atoms with Gasteiger partial charge in [0.15, 0.2) is 0 Å². The van der Waals surface area contributed by atoms with E-state index in [0.29, 0.717) is 6.54 Å². The zero-order chi connectivity index (χ0) is 17.8. The molecule has 2 aliphatic heterocycles. The highest BCUT2D eigenvalue weighted by Gasteiger charge is 2.37. The lowest BCUT2D eigenvalue weighted by molar-refractivity contribution is -0.129. The van der Waals surface area contributed by atoms with Gasteiger partial charge in [-0.3, -0.25) is 4.79 Å². The molecule has 0 radical (unpaired) electrons. The van der Waals surface area contributed by atoms with E-state index in [1.54, 1.807) is 10.6 Å². The van der Waals surface area contributed by atoms with Crippen molar-refractivity contribution in [3.63, 3.8) is 0 Å². The van der Waals surface area contributed by atoms with Crippen LogP contribution in [0, 0.1) is 0 Å². The first-order valence-electron chi connectivity index (χ1n) is 8.69. The van der Waals surface area contributed by atoms with Crippen LogP contribution in [0.1, 0.15) is 44.5 Å². The Balaban J connectivity index is 1.93. The predicted molar refractivity (Wildman–Crippen MR) is 95.5 cm³/mol. The largest absolute Gasteiger partial charge is 0.443 e. The minimum atomic E-state index is -0.577. The Morgan fingerprint density at radius 1 is 1.24 bits per heavy atom. The van der Waals surface area contributed by atoms with Crippen molar-refractivity contribution in [1.29, 1.82) is 0 Å². The van der Waals surface area contributed by atoms with E-state index in [-0.39, 0.29) is 18.0 Å². The number of nitrogens with zero attached hydrogens (tertiary/aromatic N) is 2. The van der Waals surface area contributed by atoms with Crippen molar-refractivity contribution < 1.29 is 14.3 Å². The number of ether oxygens (including phenoxy) is 1. The van der Waals surface area contributed by atoms with Gasteiger partial charge in [0.2, 0.25) is 5.91 Å². The van der Waals surface area contributed by atoms with Gasteiger partial charge in [-0.1, -0.05) is 24.3 Å². The van der Waals surface area contributed by atoms with Crippen LogP contribution in [-0.4, -0.2) is 33.6 Å². The number of rotatable bonds is 0. The fourth-order valence-electron chi connectivity index (χ4n) is 3.88. The van der Waals surface area contributed by atoms with Crippen LogP contribution >= 0.6 is 0 Å². The maximum absolute atomic E-state index is 13.0. The molecule has 1 unspecified atom stereocenters. The minimum absolute atomic E-state index is 0.0166. The van der Waals surface area contributed by atoms with Gasteiger partial charge in [0.1, 0.15) is 5.60 Å². The second-order valence-electron chi connectivity index (χ2n) is 7.63. The Labute approximate surface area is 146 Å². The molecule has 2 aromatic rings. The smallest absolute Gasteiger partial charge is 0.419 e. The molecule has 25 heavy (non-hydrogen) atoms. The van der Waals surface area contributed by atoms with E-state index in [9.17, 15) is 9.59 Å². The van der Waals surface area contributed by atoms with Gasteiger partial charge >= 0.3 is 6.09 Å². The molecule has 0 saturated heterocycles. The van der Waals surface area contributed by atoms with E-state index in [2.05, 4.69) is 0 Å². The molecule has 0 spiro atoms. The average Bonchev–Trinajstić information content (AvgIpc) is 2.88. The predicted octanol–water partition coefficient (Wildman–Crippen LogP) is 3.81. The van der Waals surface area contributed by atoms with Crippen molar-refractivity contribution in [1.82, 2.24) is 9.47 Å². The molecule has 1 amide bonds. The second-order valence-corrected chi connectivity index (χ2v) is 7.63. The summed E-state index contributed by atoms with van der Waals surface area (Å²) >= 11 is 0. The third-order valence-corrected chi connectivity index (χ3v) is 4.79. The average molecular weight is 338 g/mol. The first-order chi connectivity index (χ1) is 11.9. The topological polar surface area (TPSA) is 51.5 Å². The molecule has 0 N–H and O–H groups in total. The van der Waals surface area contributed by atoms with E-state index >= 15 is 0 Å².